The number of methoxy groups -OCH3 is 1. The number of rotatable bonds is 4. The number of anilines is 1. The number of amides is 2. The molecule has 7 heteroatoms. The molecule has 23 heavy (non-hydrogen) atoms. The van der Waals surface area contributed by atoms with E-state index in [2.05, 4.69) is 4.90 Å². The lowest BCUT2D eigenvalue weighted by molar-refractivity contribution is -0.138. The second-order valence-electron chi connectivity index (χ2n) is 5.61. The van der Waals surface area contributed by atoms with Gasteiger partial charge in [0.25, 0.3) is 0 Å². The first-order valence-electron chi connectivity index (χ1n) is 7.70. The smallest absolute Gasteiger partial charge is 0.242 e. The summed E-state index contributed by atoms with van der Waals surface area (Å²) in [6.45, 7) is 3.10. The van der Waals surface area contributed by atoms with Gasteiger partial charge in [-0.1, -0.05) is 12.1 Å². The highest BCUT2D eigenvalue weighted by Crippen LogP contribution is 2.28. The Kier molecular flexibility index (Phi) is 4.95. The van der Waals surface area contributed by atoms with E-state index in [4.69, 9.17) is 4.74 Å². The van der Waals surface area contributed by atoms with Crippen molar-refractivity contribution in [2.24, 2.45) is 0 Å². The number of benzene rings is 1. The van der Waals surface area contributed by atoms with Crippen LogP contribution in [0.5, 0.6) is 5.75 Å². The quantitative estimate of drug-likeness (QED) is 0.817. The van der Waals surface area contributed by atoms with Crippen LogP contribution < -0.4 is 9.64 Å². The van der Waals surface area contributed by atoms with Crippen molar-refractivity contribution in [3.05, 3.63) is 24.3 Å². The highest BCUT2D eigenvalue weighted by Gasteiger charge is 2.27. The molecule has 0 bridgehead atoms. The molecule has 0 saturated carbocycles. The Morgan fingerprint density at radius 1 is 1.22 bits per heavy atom. The molecule has 2 heterocycles. The fourth-order valence-corrected chi connectivity index (χ4v) is 3.80. The summed E-state index contributed by atoms with van der Waals surface area (Å²) in [5, 5.41) is 0. The van der Waals surface area contributed by atoms with Gasteiger partial charge in [0.2, 0.25) is 11.8 Å². The molecular weight excluding hydrogens is 314 g/mol. The lowest BCUT2D eigenvalue weighted by atomic mass is 10.2. The van der Waals surface area contributed by atoms with E-state index in [0.29, 0.717) is 24.7 Å². The van der Waals surface area contributed by atoms with Gasteiger partial charge < -0.3 is 19.4 Å². The molecule has 0 spiro atoms. The van der Waals surface area contributed by atoms with Crippen molar-refractivity contribution in [1.82, 2.24) is 9.80 Å². The SMILES string of the molecule is COc1ccccc1N1CCN(C(=O)CN2CSCC2=O)CC1. The zero-order valence-corrected chi connectivity index (χ0v) is 14.1. The van der Waals surface area contributed by atoms with Crippen molar-refractivity contribution in [1.29, 1.82) is 0 Å². The van der Waals surface area contributed by atoms with Crippen LogP contribution in [0.25, 0.3) is 0 Å². The number of ether oxygens (including phenoxy) is 1. The molecule has 1 aromatic rings. The average Bonchev–Trinajstić information content (AvgIpc) is 3.00. The maximum atomic E-state index is 12.3. The minimum atomic E-state index is 0.0422. The highest BCUT2D eigenvalue weighted by molar-refractivity contribution is 8.00. The van der Waals surface area contributed by atoms with Crippen molar-refractivity contribution in [2.75, 3.05) is 56.4 Å². The first-order chi connectivity index (χ1) is 11.2. The molecule has 2 amide bonds. The van der Waals surface area contributed by atoms with E-state index in [9.17, 15) is 9.59 Å². The van der Waals surface area contributed by atoms with Crippen molar-refractivity contribution in [2.45, 2.75) is 0 Å². The van der Waals surface area contributed by atoms with Gasteiger partial charge in [0.15, 0.2) is 0 Å². The van der Waals surface area contributed by atoms with Crippen LogP contribution in [-0.2, 0) is 9.59 Å². The summed E-state index contributed by atoms with van der Waals surface area (Å²) < 4.78 is 5.40. The van der Waals surface area contributed by atoms with Gasteiger partial charge in [-0.05, 0) is 12.1 Å². The first kappa shape index (κ1) is 16.0. The second-order valence-corrected chi connectivity index (χ2v) is 6.56. The predicted octanol–water partition coefficient (Wildman–Crippen LogP) is 0.877. The number of piperazine rings is 1. The maximum Gasteiger partial charge on any atom is 0.242 e. The maximum absolute atomic E-state index is 12.3. The standard InChI is InChI=1S/C16H21N3O3S/c1-22-14-5-3-2-4-13(14)17-6-8-18(9-7-17)15(20)10-19-12-23-11-16(19)21/h2-5H,6-12H2,1H3. The van der Waals surface area contributed by atoms with E-state index in [1.165, 1.54) is 0 Å². The number of hydrogen-bond acceptors (Lipinski definition) is 5. The second kappa shape index (κ2) is 7.12. The minimum absolute atomic E-state index is 0.0422. The lowest BCUT2D eigenvalue weighted by Gasteiger charge is -2.37. The van der Waals surface area contributed by atoms with E-state index < -0.39 is 0 Å². The Hall–Kier alpha value is -1.89. The molecule has 0 unspecified atom stereocenters. The fraction of sp³-hybridized carbons (Fsp3) is 0.500. The average molecular weight is 335 g/mol. The summed E-state index contributed by atoms with van der Waals surface area (Å²) in [7, 11) is 1.67. The van der Waals surface area contributed by atoms with E-state index in [1.807, 2.05) is 29.2 Å². The molecule has 0 atom stereocenters. The van der Waals surface area contributed by atoms with E-state index in [1.54, 1.807) is 23.8 Å². The van der Waals surface area contributed by atoms with E-state index in [0.717, 1.165) is 24.5 Å². The molecule has 0 radical (unpaired) electrons. The topological polar surface area (TPSA) is 53.1 Å². The number of para-hydroxylation sites is 2. The minimum Gasteiger partial charge on any atom is -0.495 e. The van der Waals surface area contributed by atoms with Gasteiger partial charge in [-0.2, -0.15) is 0 Å². The van der Waals surface area contributed by atoms with Crippen LogP contribution in [0, 0.1) is 0 Å². The summed E-state index contributed by atoms with van der Waals surface area (Å²) in [5.41, 5.74) is 1.06. The number of thioether (sulfide) groups is 1. The largest absolute Gasteiger partial charge is 0.495 e. The molecule has 3 rings (SSSR count). The molecule has 0 N–H and O–H groups in total. The highest BCUT2D eigenvalue weighted by atomic mass is 32.2. The summed E-state index contributed by atoms with van der Waals surface area (Å²) in [4.78, 5) is 29.7. The van der Waals surface area contributed by atoms with Gasteiger partial charge in [0.1, 0.15) is 12.3 Å². The Balaban J connectivity index is 1.55. The van der Waals surface area contributed by atoms with Crippen LogP contribution in [0.4, 0.5) is 5.69 Å². The fourth-order valence-electron chi connectivity index (χ4n) is 2.89. The number of carbonyl (C=O) groups is 2. The Morgan fingerprint density at radius 2 is 1.96 bits per heavy atom. The monoisotopic (exact) mass is 335 g/mol. The third kappa shape index (κ3) is 3.55. The summed E-state index contributed by atoms with van der Waals surface area (Å²) in [6.07, 6.45) is 0. The summed E-state index contributed by atoms with van der Waals surface area (Å²) in [6, 6.07) is 7.93. The molecule has 2 fully saturated rings. The zero-order valence-electron chi connectivity index (χ0n) is 13.2. The third-order valence-electron chi connectivity index (χ3n) is 4.21. The van der Waals surface area contributed by atoms with Crippen molar-refractivity contribution in [3.8, 4) is 5.75 Å². The van der Waals surface area contributed by atoms with Crippen LogP contribution in [0.1, 0.15) is 0 Å². The van der Waals surface area contributed by atoms with Crippen molar-refractivity contribution >= 4 is 29.3 Å². The van der Waals surface area contributed by atoms with Crippen molar-refractivity contribution < 1.29 is 14.3 Å². The predicted molar refractivity (Wildman–Crippen MR) is 90.8 cm³/mol. The van der Waals surface area contributed by atoms with Gasteiger partial charge >= 0.3 is 0 Å². The summed E-state index contributed by atoms with van der Waals surface area (Å²) >= 11 is 1.56. The molecule has 1 aromatic carbocycles. The first-order valence-corrected chi connectivity index (χ1v) is 8.86. The zero-order chi connectivity index (χ0) is 16.2. The Morgan fingerprint density at radius 3 is 2.61 bits per heavy atom. The van der Waals surface area contributed by atoms with Gasteiger partial charge in [-0.15, -0.1) is 11.8 Å². The molecule has 2 aliphatic rings. The van der Waals surface area contributed by atoms with Crippen LogP contribution in [0.3, 0.4) is 0 Å². The van der Waals surface area contributed by atoms with Gasteiger partial charge in [0.05, 0.1) is 24.4 Å². The van der Waals surface area contributed by atoms with E-state index in [-0.39, 0.29) is 18.4 Å². The van der Waals surface area contributed by atoms with Crippen LogP contribution >= 0.6 is 11.8 Å². The lowest BCUT2D eigenvalue weighted by Crippen LogP contribution is -2.51. The normalized spacial score (nSPS) is 18.5. The van der Waals surface area contributed by atoms with Crippen LogP contribution in [-0.4, -0.2) is 73.1 Å². The Labute approximate surface area is 140 Å². The van der Waals surface area contributed by atoms with Gasteiger partial charge in [-0.3, -0.25) is 9.59 Å². The number of carbonyl (C=O) groups excluding carboxylic acids is 2. The molecule has 2 saturated heterocycles. The number of hydrogen-bond donors (Lipinski definition) is 0. The molecule has 2 aliphatic heterocycles. The van der Waals surface area contributed by atoms with Crippen LogP contribution in [0.2, 0.25) is 0 Å². The molecular formula is C16H21N3O3S. The molecule has 0 aliphatic carbocycles. The van der Waals surface area contributed by atoms with Gasteiger partial charge in [0, 0.05) is 26.2 Å². The van der Waals surface area contributed by atoms with Crippen LogP contribution in [0.15, 0.2) is 24.3 Å². The Bertz CT molecular complexity index is 588. The summed E-state index contributed by atoms with van der Waals surface area (Å²) in [5.74, 6) is 2.09. The van der Waals surface area contributed by atoms with Gasteiger partial charge in [-0.25, -0.2) is 0 Å². The number of nitrogens with zero attached hydrogens (tertiary/aromatic N) is 3. The van der Waals surface area contributed by atoms with Crippen molar-refractivity contribution in [3.63, 3.8) is 0 Å². The molecule has 124 valence electrons. The molecule has 0 aromatic heterocycles. The molecule has 6 nitrogen and oxygen atoms in total. The van der Waals surface area contributed by atoms with E-state index >= 15 is 0 Å². The third-order valence-corrected chi connectivity index (χ3v) is 5.16.